The lowest BCUT2D eigenvalue weighted by Gasteiger charge is -2.40. The van der Waals surface area contributed by atoms with Gasteiger partial charge in [0.05, 0.1) is 5.56 Å². The molecule has 0 saturated carbocycles. The molecule has 0 aromatic heterocycles. The first-order chi connectivity index (χ1) is 9.56. The van der Waals surface area contributed by atoms with E-state index in [0.717, 1.165) is 17.7 Å². The highest BCUT2D eigenvalue weighted by molar-refractivity contribution is 5.69. The fourth-order valence-electron chi connectivity index (χ4n) is 2.11. The lowest BCUT2D eigenvalue weighted by Crippen LogP contribution is -2.50. The molecule has 0 N–H and O–H groups in total. The van der Waals surface area contributed by atoms with Gasteiger partial charge in [-0.15, -0.1) is 0 Å². The Kier molecular flexibility index (Phi) is 3.91. The van der Waals surface area contributed by atoms with Crippen LogP contribution in [0.25, 0.3) is 0 Å². The number of hydrogen-bond acceptors (Lipinski definition) is 2. The number of hydrogen-bond donors (Lipinski definition) is 0. The van der Waals surface area contributed by atoms with Gasteiger partial charge in [-0.3, -0.25) is 0 Å². The second-order valence-corrected chi connectivity index (χ2v) is 6.20. The zero-order chi connectivity index (χ0) is 15.8. The van der Waals surface area contributed by atoms with Gasteiger partial charge in [0.15, 0.2) is 0 Å². The summed E-state index contributed by atoms with van der Waals surface area (Å²) in [6.07, 6.45) is -4.70. The third-order valence-electron chi connectivity index (χ3n) is 3.24. The van der Waals surface area contributed by atoms with E-state index < -0.39 is 17.3 Å². The zero-order valence-corrected chi connectivity index (χ0v) is 12.2. The van der Waals surface area contributed by atoms with E-state index >= 15 is 0 Å². The first-order valence-corrected chi connectivity index (χ1v) is 6.71. The summed E-state index contributed by atoms with van der Waals surface area (Å²) in [6, 6.07) is 5.09. The summed E-state index contributed by atoms with van der Waals surface area (Å²) in [4.78, 5) is 13.3. The van der Waals surface area contributed by atoms with Gasteiger partial charge in [-0.2, -0.15) is 13.2 Å². The quantitative estimate of drug-likeness (QED) is 0.783. The Hall–Kier alpha value is -1.72. The van der Waals surface area contributed by atoms with Crippen LogP contribution >= 0.6 is 0 Å². The Balaban J connectivity index is 1.91. The number of rotatable bonds is 1. The molecular formula is C15H18F3NO2. The van der Waals surface area contributed by atoms with Crippen molar-refractivity contribution in [3.8, 4) is 0 Å². The topological polar surface area (TPSA) is 29.5 Å². The molecule has 0 unspecified atom stereocenters. The van der Waals surface area contributed by atoms with E-state index in [0.29, 0.717) is 13.1 Å². The molecule has 1 aliphatic heterocycles. The Morgan fingerprint density at radius 2 is 1.67 bits per heavy atom. The predicted octanol–water partition coefficient (Wildman–Crippen LogP) is 4.04. The van der Waals surface area contributed by atoms with Crippen molar-refractivity contribution in [3.05, 3.63) is 35.4 Å². The minimum Gasteiger partial charge on any atom is -0.444 e. The van der Waals surface area contributed by atoms with Crippen LogP contribution in [0.2, 0.25) is 0 Å². The number of carbonyl (C=O) groups excluding carboxylic acids is 1. The van der Waals surface area contributed by atoms with Gasteiger partial charge in [0.2, 0.25) is 0 Å². The molecule has 116 valence electrons. The first-order valence-electron chi connectivity index (χ1n) is 6.71. The third-order valence-corrected chi connectivity index (χ3v) is 3.24. The number of carbonyl (C=O) groups is 1. The van der Waals surface area contributed by atoms with Gasteiger partial charge in [0.1, 0.15) is 5.60 Å². The second kappa shape index (κ2) is 5.24. The van der Waals surface area contributed by atoms with Gasteiger partial charge in [-0.05, 0) is 38.5 Å². The normalized spacial score (nSPS) is 16.6. The van der Waals surface area contributed by atoms with Crippen LogP contribution in [-0.4, -0.2) is 29.7 Å². The van der Waals surface area contributed by atoms with Crippen LogP contribution < -0.4 is 0 Å². The Morgan fingerprint density at radius 3 is 2.10 bits per heavy atom. The summed E-state index contributed by atoms with van der Waals surface area (Å²) >= 11 is 0. The number of nitrogens with zero attached hydrogens (tertiary/aromatic N) is 1. The molecule has 1 aromatic rings. The van der Waals surface area contributed by atoms with E-state index in [4.69, 9.17) is 4.74 Å². The van der Waals surface area contributed by atoms with Crippen molar-refractivity contribution in [2.24, 2.45) is 0 Å². The number of alkyl halides is 3. The molecule has 0 spiro atoms. The fraction of sp³-hybridized carbons (Fsp3) is 0.533. The monoisotopic (exact) mass is 301 g/mol. The minimum atomic E-state index is -4.32. The van der Waals surface area contributed by atoms with E-state index in [1.807, 2.05) is 0 Å². The van der Waals surface area contributed by atoms with Gasteiger partial charge in [0.25, 0.3) is 0 Å². The van der Waals surface area contributed by atoms with E-state index in [1.165, 1.54) is 12.1 Å². The van der Waals surface area contributed by atoms with E-state index in [-0.39, 0.29) is 12.0 Å². The molecule has 0 atom stereocenters. The molecule has 6 heteroatoms. The standard InChI is InChI=1S/C15H18F3NO2/c1-14(2,3)21-13(20)19-8-11(9-19)10-4-6-12(7-5-10)15(16,17)18/h4-7,11H,8-9H2,1-3H3. The first kappa shape index (κ1) is 15.7. The molecule has 0 radical (unpaired) electrons. The molecular weight excluding hydrogens is 283 g/mol. The van der Waals surface area contributed by atoms with Crippen LogP contribution in [0.5, 0.6) is 0 Å². The van der Waals surface area contributed by atoms with Crippen LogP contribution in [0.3, 0.4) is 0 Å². The van der Waals surface area contributed by atoms with Crippen LogP contribution in [0, 0.1) is 0 Å². The third kappa shape index (κ3) is 3.89. The van der Waals surface area contributed by atoms with Crippen LogP contribution in [0.1, 0.15) is 37.8 Å². The van der Waals surface area contributed by atoms with Crippen molar-refractivity contribution in [2.75, 3.05) is 13.1 Å². The van der Waals surface area contributed by atoms with E-state index in [1.54, 1.807) is 25.7 Å². The highest BCUT2D eigenvalue weighted by atomic mass is 19.4. The maximum Gasteiger partial charge on any atom is 0.416 e. The molecule has 1 fully saturated rings. The lowest BCUT2D eigenvalue weighted by molar-refractivity contribution is -0.137. The Morgan fingerprint density at radius 1 is 1.14 bits per heavy atom. The summed E-state index contributed by atoms with van der Waals surface area (Å²) in [6.45, 7) is 6.31. The summed E-state index contributed by atoms with van der Waals surface area (Å²) in [5, 5.41) is 0. The summed E-state index contributed by atoms with van der Waals surface area (Å²) in [5.74, 6) is 0.0693. The Labute approximate surface area is 121 Å². The second-order valence-electron chi connectivity index (χ2n) is 6.20. The average molecular weight is 301 g/mol. The van der Waals surface area contributed by atoms with Crippen molar-refractivity contribution < 1.29 is 22.7 Å². The van der Waals surface area contributed by atoms with Gasteiger partial charge in [-0.1, -0.05) is 12.1 Å². The maximum absolute atomic E-state index is 12.5. The average Bonchev–Trinajstić information content (AvgIpc) is 2.23. The molecule has 1 amide bonds. The van der Waals surface area contributed by atoms with Crippen molar-refractivity contribution in [2.45, 2.75) is 38.5 Å². The number of ether oxygens (including phenoxy) is 1. The Bertz CT molecular complexity index is 511. The summed E-state index contributed by atoms with van der Waals surface area (Å²) in [5.41, 5.74) is -0.395. The predicted molar refractivity (Wildman–Crippen MR) is 72.0 cm³/mol. The zero-order valence-electron chi connectivity index (χ0n) is 12.2. The number of halogens is 3. The molecule has 0 bridgehead atoms. The number of benzene rings is 1. The van der Waals surface area contributed by atoms with Gasteiger partial charge in [0, 0.05) is 19.0 Å². The van der Waals surface area contributed by atoms with Gasteiger partial charge in [-0.25, -0.2) is 4.79 Å². The molecule has 1 saturated heterocycles. The number of amides is 1. The maximum atomic E-state index is 12.5. The molecule has 1 heterocycles. The molecule has 1 aliphatic rings. The lowest BCUT2D eigenvalue weighted by atomic mass is 9.91. The molecule has 0 aliphatic carbocycles. The molecule has 3 nitrogen and oxygen atoms in total. The van der Waals surface area contributed by atoms with E-state index in [2.05, 4.69) is 0 Å². The van der Waals surface area contributed by atoms with Crippen LogP contribution in [-0.2, 0) is 10.9 Å². The van der Waals surface area contributed by atoms with Gasteiger partial charge >= 0.3 is 12.3 Å². The minimum absolute atomic E-state index is 0.0693. The van der Waals surface area contributed by atoms with Gasteiger partial charge < -0.3 is 9.64 Å². The SMILES string of the molecule is CC(C)(C)OC(=O)N1CC(c2ccc(C(F)(F)F)cc2)C1. The smallest absolute Gasteiger partial charge is 0.416 e. The molecule has 1 aromatic carbocycles. The van der Waals surface area contributed by atoms with Crippen LogP contribution in [0.4, 0.5) is 18.0 Å². The molecule has 21 heavy (non-hydrogen) atoms. The number of likely N-dealkylation sites (tertiary alicyclic amines) is 1. The highest BCUT2D eigenvalue weighted by Crippen LogP contribution is 2.32. The van der Waals surface area contributed by atoms with Crippen molar-refractivity contribution in [3.63, 3.8) is 0 Å². The van der Waals surface area contributed by atoms with Crippen LogP contribution in [0.15, 0.2) is 24.3 Å². The molecule has 2 rings (SSSR count). The van der Waals surface area contributed by atoms with Crippen molar-refractivity contribution in [1.82, 2.24) is 4.90 Å². The largest absolute Gasteiger partial charge is 0.444 e. The fourth-order valence-corrected chi connectivity index (χ4v) is 2.11. The summed E-state index contributed by atoms with van der Waals surface area (Å²) < 4.78 is 42.6. The van der Waals surface area contributed by atoms with Crippen molar-refractivity contribution in [1.29, 1.82) is 0 Å². The van der Waals surface area contributed by atoms with E-state index in [9.17, 15) is 18.0 Å². The van der Waals surface area contributed by atoms with Crippen molar-refractivity contribution >= 4 is 6.09 Å². The summed E-state index contributed by atoms with van der Waals surface area (Å²) in [7, 11) is 0. The highest BCUT2D eigenvalue weighted by Gasteiger charge is 2.35.